The molecule has 7 heteroatoms. The minimum absolute atomic E-state index is 0.120. The molecule has 0 amide bonds. The van der Waals surface area contributed by atoms with Crippen molar-refractivity contribution in [1.82, 2.24) is 14.9 Å². The van der Waals surface area contributed by atoms with E-state index in [4.69, 9.17) is 4.74 Å². The van der Waals surface area contributed by atoms with Crippen LogP contribution in [0.4, 0.5) is 11.6 Å². The van der Waals surface area contributed by atoms with Gasteiger partial charge in [0, 0.05) is 38.2 Å². The van der Waals surface area contributed by atoms with E-state index in [0.717, 1.165) is 69.0 Å². The van der Waals surface area contributed by atoms with Crippen molar-refractivity contribution in [1.29, 1.82) is 0 Å². The molecule has 4 aliphatic rings. The Labute approximate surface area is 161 Å². The zero-order valence-corrected chi connectivity index (χ0v) is 16.3. The first kappa shape index (κ1) is 18.5. The number of carbonyl (C=O) groups excluding carboxylic acids is 1. The van der Waals surface area contributed by atoms with Gasteiger partial charge in [-0.2, -0.15) is 0 Å². The lowest BCUT2D eigenvalue weighted by molar-refractivity contribution is -0.140. The molecule has 5 rings (SSSR count). The number of anilines is 2. The lowest BCUT2D eigenvalue weighted by atomic mass is 9.71. The van der Waals surface area contributed by atoms with Gasteiger partial charge >= 0.3 is 5.97 Å². The van der Waals surface area contributed by atoms with Gasteiger partial charge in [-0.1, -0.05) is 0 Å². The summed E-state index contributed by atoms with van der Waals surface area (Å²) >= 11 is 0. The molecule has 1 unspecified atom stereocenters. The van der Waals surface area contributed by atoms with E-state index in [9.17, 15) is 4.79 Å². The van der Waals surface area contributed by atoms with E-state index in [-0.39, 0.29) is 5.97 Å². The van der Waals surface area contributed by atoms with E-state index in [2.05, 4.69) is 31.2 Å². The molecule has 1 aliphatic carbocycles. The molecule has 148 valence electrons. The fourth-order valence-corrected chi connectivity index (χ4v) is 4.79. The summed E-state index contributed by atoms with van der Waals surface area (Å²) in [5.41, 5.74) is 0. The Morgan fingerprint density at radius 1 is 1.26 bits per heavy atom. The van der Waals surface area contributed by atoms with Crippen LogP contribution in [0.3, 0.4) is 0 Å². The topological polar surface area (TPSA) is 70.6 Å². The van der Waals surface area contributed by atoms with Crippen molar-refractivity contribution >= 4 is 17.6 Å². The number of aromatic nitrogens is 2. The highest BCUT2D eigenvalue weighted by Gasteiger charge is 2.37. The van der Waals surface area contributed by atoms with Crippen molar-refractivity contribution in [2.45, 2.75) is 44.6 Å². The van der Waals surface area contributed by atoms with E-state index in [1.165, 1.54) is 26.4 Å². The number of methoxy groups -OCH3 is 1. The second kappa shape index (κ2) is 8.42. The molecule has 27 heavy (non-hydrogen) atoms. The van der Waals surface area contributed by atoms with Crippen molar-refractivity contribution in [2.75, 3.05) is 50.1 Å². The number of piperidine rings is 3. The highest BCUT2D eigenvalue weighted by molar-refractivity contribution is 5.69. The summed E-state index contributed by atoms with van der Waals surface area (Å²) in [6.07, 6.45) is 8.17. The number of nitrogens with one attached hydrogen (secondary N) is 1. The van der Waals surface area contributed by atoms with Gasteiger partial charge in [-0.25, -0.2) is 9.97 Å². The first-order chi connectivity index (χ1) is 13.2. The van der Waals surface area contributed by atoms with Crippen LogP contribution in [-0.4, -0.2) is 66.7 Å². The number of likely N-dealkylation sites (tertiary alicyclic amines) is 1. The number of rotatable bonds is 7. The van der Waals surface area contributed by atoms with Gasteiger partial charge in [0.25, 0.3) is 0 Å². The van der Waals surface area contributed by atoms with Gasteiger partial charge in [-0.15, -0.1) is 0 Å². The van der Waals surface area contributed by atoms with Gasteiger partial charge in [0.05, 0.1) is 7.11 Å². The Balaban J connectivity index is 1.28. The molecule has 4 heterocycles. The SMILES string of the molecule is COC(=O)CCCN1CCCC(Nc2cc(N3CC4CC(C4)C3)ncn2)C1. The third kappa shape index (κ3) is 4.69. The monoisotopic (exact) mass is 373 g/mol. The fourth-order valence-electron chi connectivity index (χ4n) is 4.79. The van der Waals surface area contributed by atoms with Crippen LogP contribution in [0.5, 0.6) is 0 Å². The minimum atomic E-state index is -0.120. The van der Waals surface area contributed by atoms with Crippen LogP contribution in [0, 0.1) is 11.8 Å². The summed E-state index contributed by atoms with van der Waals surface area (Å²) in [7, 11) is 1.45. The normalized spacial score (nSPS) is 27.7. The Hall–Kier alpha value is -1.89. The third-order valence-corrected chi connectivity index (χ3v) is 6.21. The Bertz CT molecular complexity index is 639. The van der Waals surface area contributed by atoms with Crippen LogP contribution in [0.15, 0.2) is 12.4 Å². The minimum Gasteiger partial charge on any atom is -0.469 e. The van der Waals surface area contributed by atoms with Crippen molar-refractivity contribution < 1.29 is 9.53 Å². The van der Waals surface area contributed by atoms with Crippen molar-refractivity contribution in [3.05, 3.63) is 12.4 Å². The maximum absolute atomic E-state index is 11.3. The largest absolute Gasteiger partial charge is 0.469 e. The van der Waals surface area contributed by atoms with E-state index < -0.39 is 0 Å². The number of esters is 1. The summed E-state index contributed by atoms with van der Waals surface area (Å²) in [6, 6.07) is 2.51. The highest BCUT2D eigenvalue weighted by Crippen LogP contribution is 2.40. The van der Waals surface area contributed by atoms with Crippen LogP contribution >= 0.6 is 0 Å². The van der Waals surface area contributed by atoms with E-state index >= 15 is 0 Å². The molecule has 0 aromatic carbocycles. The average molecular weight is 374 g/mol. The molecule has 0 spiro atoms. The van der Waals surface area contributed by atoms with Crippen LogP contribution in [0.25, 0.3) is 0 Å². The molecule has 1 aromatic rings. The second-order valence-electron chi connectivity index (χ2n) is 8.33. The number of nitrogens with zero attached hydrogens (tertiary/aromatic N) is 4. The summed E-state index contributed by atoms with van der Waals surface area (Å²) in [4.78, 5) is 25.1. The number of ether oxygens (including phenoxy) is 1. The zero-order chi connectivity index (χ0) is 18.6. The molecule has 2 bridgehead atoms. The molecule has 1 N–H and O–H groups in total. The molecule has 1 saturated carbocycles. The van der Waals surface area contributed by atoms with Crippen molar-refractivity contribution in [3.8, 4) is 0 Å². The summed E-state index contributed by atoms with van der Waals surface area (Å²) in [5, 5.41) is 3.61. The lowest BCUT2D eigenvalue weighted by Gasteiger charge is -2.47. The summed E-state index contributed by atoms with van der Waals surface area (Å²) in [5.74, 6) is 3.61. The smallest absolute Gasteiger partial charge is 0.305 e. The maximum Gasteiger partial charge on any atom is 0.305 e. The molecular formula is C20H31N5O2. The molecule has 4 fully saturated rings. The number of fused-ring (bicyclic) bond motifs is 2. The predicted molar refractivity (Wildman–Crippen MR) is 105 cm³/mol. The van der Waals surface area contributed by atoms with Gasteiger partial charge in [-0.3, -0.25) is 4.79 Å². The number of carbonyl (C=O) groups is 1. The number of hydrogen-bond acceptors (Lipinski definition) is 7. The Kier molecular flexibility index (Phi) is 5.76. The molecule has 7 nitrogen and oxygen atoms in total. The molecule has 0 radical (unpaired) electrons. The average Bonchev–Trinajstić information content (AvgIpc) is 2.68. The molecule has 3 aliphatic heterocycles. The molecule has 1 aromatic heterocycles. The summed E-state index contributed by atoms with van der Waals surface area (Å²) < 4.78 is 4.72. The van der Waals surface area contributed by atoms with Crippen LogP contribution in [-0.2, 0) is 9.53 Å². The molecule has 1 atom stereocenters. The fraction of sp³-hybridized carbons (Fsp3) is 0.750. The Morgan fingerprint density at radius 2 is 2.07 bits per heavy atom. The predicted octanol–water partition coefficient (Wildman–Crippen LogP) is 2.15. The zero-order valence-electron chi connectivity index (χ0n) is 16.3. The molecular weight excluding hydrogens is 342 g/mol. The van der Waals surface area contributed by atoms with E-state index in [1.54, 1.807) is 6.33 Å². The van der Waals surface area contributed by atoms with Crippen molar-refractivity contribution in [2.24, 2.45) is 11.8 Å². The quantitative estimate of drug-likeness (QED) is 0.734. The van der Waals surface area contributed by atoms with Gasteiger partial charge in [0.1, 0.15) is 18.0 Å². The Morgan fingerprint density at radius 3 is 2.85 bits per heavy atom. The molecule has 3 saturated heterocycles. The first-order valence-corrected chi connectivity index (χ1v) is 10.3. The first-order valence-electron chi connectivity index (χ1n) is 10.3. The van der Waals surface area contributed by atoms with Gasteiger partial charge in [0.2, 0.25) is 0 Å². The van der Waals surface area contributed by atoms with Gasteiger partial charge < -0.3 is 19.9 Å². The highest BCUT2D eigenvalue weighted by atomic mass is 16.5. The summed E-state index contributed by atoms with van der Waals surface area (Å²) in [6.45, 7) is 5.33. The standard InChI is InChI=1S/C20H31N5O2/c1-27-20(26)5-3-7-24-6-2-4-17(13-24)23-18-10-19(22-14-21-18)25-11-15-8-16(9-15)12-25/h10,14-17H,2-9,11-13H2,1H3,(H,21,22,23). The third-order valence-electron chi connectivity index (χ3n) is 6.21. The van der Waals surface area contributed by atoms with Gasteiger partial charge in [-0.05, 0) is 57.0 Å². The lowest BCUT2D eigenvalue weighted by Crippen LogP contribution is -2.49. The van der Waals surface area contributed by atoms with Crippen LogP contribution < -0.4 is 10.2 Å². The maximum atomic E-state index is 11.3. The van der Waals surface area contributed by atoms with E-state index in [1.807, 2.05) is 0 Å². The van der Waals surface area contributed by atoms with Crippen LogP contribution in [0.2, 0.25) is 0 Å². The van der Waals surface area contributed by atoms with E-state index in [0.29, 0.717) is 12.5 Å². The van der Waals surface area contributed by atoms with Crippen LogP contribution in [0.1, 0.15) is 38.5 Å². The van der Waals surface area contributed by atoms with Gasteiger partial charge in [0.15, 0.2) is 0 Å². The number of hydrogen-bond donors (Lipinski definition) is 1. The second-order valence-corrected chi connectivity index (χ2v) is 8.33. The van der Waals surface area contributed by atoms with Crippen molar-refractivity contribution in [3.63, 3.8) is 0 Å².